The normalized spacial score (nSPS) is 12.9. The minimum absolute atomic E-state index is 0.110. The average molecular weight is 407 g/mol. The monoisotopic (exact) mass is 406 g/mol. The maximum Gasteiger partial charge on any atom is 0.345 e. The Kier molecular flexibility index (Phi) is 5.65. The van der Waals surface area contributed by atoms with E-state index in [1.165, 1.54) is 12.1 Å². The molecule has 10 heteroatoms. The van der Waals surface area contributed by atoms with Crippen LogP contribution in [0.5, 0.6) is 11.5 Å². The van der Waals surface area contributed by atoms with Crippen LogP contribution in [0.1, 0.15) is 28.9 Å². The molecule has 2 aromatic carbocycles. The van der Waals surface area contributed by atoms with Gasteiger partial charge >= 0.3 is 5.97 Å². The Hall–Kier alpha value is -3.33. The van der Waals surface area contributed by atoms with E-state index in [0.29, 0.717) is 11.5 Å². The van der Waals surface area contributed by atoms with Gasteiger partial charge < -0.3 is 19.5 Å². The smallest absolute Gasteiger partial charge is 0.345 e. The predicted octanol–water partition coefficient (Wildman–Crippen LogP) is 3.01. The van der Waals surface area contributed by atoms with Crippen LogP contribution in [0, 0.1) is 10.1 Å². The summed E-state index contributed by atoms with van der Waals surface area (Å²) >= 11 is 5.71. The first-order valence-corrected chi connectivity index (χ1v) is 8.53. The molecule has 0 spiro atoms. The summed E-state index contributed by atoms with van der Waals surface area (Å²) in [5.74, 6) is -0.342. The lowest BCUT2D eigenvalue weighted by atomic mass is 10.1. The summed E-state index contributed by atoms with van der Waals surface area (Å²) in [4.78, 5) is 34.5. The van der Waals surface area contributed by atoms with Crippen LogP contribution in [0.3, 0.4) is 0 Å². The first-order chi connectivity index (χ1) is 13.3. The molecule has 3 rings (SSSR count). The average Bonchev–Trinajstić information content (AvgIpc) is 3.13. The molecule has 0 saturated carbocycles. The van der Waals surface area contributed by atoms with Crippen LogP contribution in [0.2, 0.25) is 5.02 Å². The van der Waals surface area contributed by atoms with E-state index in [2.05, 4.69) is 5.32 Å². The number of fused-ring (bicyclic) bond motifs is 1. The Morgan fingerprint density at radius 1 is 1.25 bits per heavy atom. The van der Waals surface area contributed by atoms with Gasteiger partial charge in [-0.3, -0.25) is 14.9 Å². The van der Waals surface area contributed by atoms with Gasteiger partial charge in [-0.15, -0.1) is 0 Å². The van der Waals surface area contributed by atoms with Gasteiger partial charge in [0.1, 0.15) is 5.56 Å². The number of nitro benzene ring substituents is 1. The van der Waals surface area contributed by atoms with Gasteiger partial charge in [0.25, 0.3) is 11.6 Å². The molecular weight excluding hydrogens is 392 g/mol. The molecule has 0 unspecified atom stereocenters. The fraction of sp³-hybridized carbons (Fsp3) is 0.222. The molecule has 0 aliphatic carbocycles. The van der Waals surface area contributed by atoms with Crippen LogP contribution in [-0.4, -0.2) is 30.2 Å². The van der Waals surface area contributed by atoms with Gasteiger partial charge in [-0.2, -0.15) is 0 Å². The third-order valence-electron chi connectivity index (χ3n) is 3.98. The number of hydrogen-bond acceptors (Lipinski definition) is 7. The molecule has 0 bridgehead atoms. The fourth-order valence-electron chi connectivity index (χ4n) is 2.59. The third-order valence-corrected chi connectivity index (χ3v) is 4.22. The zero-order valence-corrected chi connectivity index (χ0v) is 15.4. The van der Waals surface area contributed by atoms with Gasteiger partial charge in [-0.25, -0.2) is 4.79 Å². The van der Waals surface area contributed by atoms with Gasteiger partial charge in [-0.1, -0.05) is 17.7 Å². The molecular formula is C18H15ClN2O7. The number of ether oxygens (including phenoxy) is 3. The molecule has 2 aromatic rings. The summed E-state index contributed by atoms with van der Waals surface area (Å²) in [6, 6.07) is 8.42. The zero-order chi connectivity index (χ0) is 20.3. The number of hydrogen-bond donors (Lipinski definition) is 1. The summed E-state index contributed by atoms with van der Waals surface area (Å²) in [6.45, 7) is 1.31. The number of halogens is 1. The lowest BCUT2D eigenvalue weighted by Crippen LogP contribution is -2.31. The van der Waals surface area contributed by atoms with Crippen molar-refractivity contribution >= 4 is 29.2 Å². The van der Waals surface area contributed by atoms with Crippen LogP contribution in [0.25, 0.3) is 0 Å². The largest absolute Gasteiger partial charge is 0.454 e. The van der Waals surface area contributed by atoms with Gasteiger partial charge in [0.2, 0.25) is 6.79 Å². The Morgan fingerprint density at radius 3 is 2.75 bits per heavy atom. The predicted molar refractivity (Wildman–Crippen MR) is 97.5 cm³/mol. The van der Waals surface area contributed by atoms with E-state index in [1.54, 1.807) is 25.1 Å². The van der Waals surface area contributed by atoms with Crippen molar-refractivity contribution in [2.45, 2.75) is 13.0 Å². The van der Waals surface area contributed by atoms with Gasteiger partial charge in [0.05, 0.1) is 11.0 Å². The molecule has 0 fully saturated rings. The lowest BCUT2D eigenvalue weighted by Gasteiger charge is -2.15. The van der Waals surface area contributed by atoms with Crippen molar-refractivity contribution < 1.29 is 28.7 Å². The van der Waals surface area contributed by atoms with E-state index in [4.69, 9.17) is 25.8 Å². The zero-order valence-electron chi connectivity index (χ0n) is 14.6. The van der Waals surface area contributed by atoms with Crippen LogP contribution >= 0.6 is 11.6 Å². The van der Waals surface area contributed by atoms with Gasteiger partial charge in [0.15, 0.2) is 18.1 Å². The van der Waals surface area contributed by atoms with E-state index in [9.17, 15) is 19.7 Å². The fourth-order valence-corrected chi connectivity index (χ4v) is 2.75. The number of carbonyl (C=O) groups is 2. The molecule has 28 heavy (non-hydrogen) atoms. The van der Waals surface area contributed by atoms with Crippen molar-refractivity contribution in [3.63, 3.8) is 0 Å². The second-order valence-corrected chi connectivity index (χ2v) is 6.33. The summed E-state index contributed by atoms with van der Waals surface area (Å²) in [5, 5.41) is 13.8. The highest BCUT2D eigenvalue weighted by molar-refractivity contribution is 6.31. The molecule has 0 aromatic heterocycles. The van der Waals surface area contributed by atoms with Gasteiger partial charge in [-0.05, 0) is 36.8 Å². The first kappa shape index (κ1) is 19.4. The Labute approximate surface area is 164 Å². The number of nitrogens with zero attached hydrogens (tertiary/aromatic N) is 1. The number of benzene rings is 2. The quantitative estimate of drug-likeness (QED) is 0.445. The van der Waals surface area contributed by atoms with E-state index in [0.717, 1.165) is 11.6 Å². The lowest BCUT2D eigenvalue weighted by molar-refractivity contribution is -0.385. The molecule has 0 saturated heterocycles. The van der Waals surface area contributed by atoms with E-state index in [-0.39, 0.29) is 23.4 Å². The number of carbonyl (C=O) groups excluding carboxylic acids is 2. The van der Waals surface area contributed by atoms with Crippen molar-refractivity contribution in [2.75, 3.05) is 13.4 Å². The summed E-state index contributed by atoms with van der Waals surface area (Å²) in [6.07, 6.45) is 0. The second-order valence-electron chi connectivity index (χ2n) is 5.90. The Morgan fingerprint density at radius 2 is 2.00 bits per heavy atom. The van der Waals surface area contributed by atoms with Crippen molar-refractivity contribution in [1.82, 2.24) is 5.32 Å². The maximum absolute atomic E-state index is 12.1. The number of amides is 1. The van der Waals surface area contributed by atoms with E-state index < -0.39 is 29.1 Å². The molecule has 1 atom stereocenters. The van der Waals surface area contributed by atoms with Crippen molar-refractivity contribution in [1.29, 1.82) is 0 Å². The maximum atomic E-state index is 12.1. The summed E-state index contributed by atoms with van der Waals surface area (Å²) in [5.41, 5.74) is -0.00470. The molecule has 1 heterocycles. The van der Waals surface area contributed by atoms with E-state index >= 15 is 0 Å². The third kappa shape index (κ3) is 4.32. The summed E-state index contributed by atoms with van der Waals surface area (Å²) < 4.78 is 15.4. The minimum Gasteiger partial charge on any atom is -0.454 e. The number of nitrogens with one attached hydrogen (secondary N) is 1. The highest BCUT2D eigenvalue weighted by Crippen LogP contribution is 2.34. The molecule has 9 nitrogen and oxygen atoms in total. The highest BCUT2D eigenvalue weighted by atomic mass is 35.5. The Balaban J connectivity index is 1.58. The van der Waals surface area contributed by atoms with Crippen LogP contribution in [-0.2, 0) is 9.53 Å². The first-order valence-electron chi connectivity index (χ1n) is 8.15. The molecule has 1 N–H and O–H groups in total. The minimum atomic E-state index is -0.991. The Bertz CT molecular complexity index is 948. The van der Waals surface area contributed by atoms with Crippen LogP contribution in [0.15, 0.2) is 36.4 Å². The number of esters is 1. The van der Waals surface area contributed by atoms with Crippen LogP contribution < -0.4 is 14.8 Å². The second kappa shape index (κ2) is 8.13. The molecule has 0 radical (unpaired) electrons. The van der Waals surface area contributed by atoms with Crippen molar-refractivity contribution in [3.8, 4) is 11.5 Å². The van der Waals surface area contributed by atoms with Gasteiger partial charge in [0, 0.05) is 11.1 Å². The summed E-state index contributed by atoms with van der Waals surface area (Å²) in [7, 11) is 0. The molecule has 1 amide bonds. The topological polar surface area (TPSA) is 117 Å². The number of nitro groups is 1. The standard InChI is InChI=1S/C18H15ClN2O7/c1-10(11-2-5-15-16(6-11)28-9-27-15)20-17(22)8-26-18(23)13-4-3-12(19)7-14(13)21(24)25/h2-7,10H,8-9H2,1H3,(H,20,22)/t10-/m0/s1. The molecule has 1 aliphatic heterocycles. The molecule has 1 aliphatic rings. The van der Waals surface area contributed by atoms with Crippen LogP contribution in [0.4, 0.5) is 5.69 Å². The van der Waals surface area contributed by atoms with Crippen molar-refractivity contribution in [2.24, 2.45) is 0 Å². The van der Waals surface area contributed by atoms with Crippen molar-refractivity contribution in [3.05, 3.63) is 62.7 Å². The van der Waals surface area contributed by atoms with E-state index in [1.807, 2.05) is 0 Å². The molecule has 146 valence electrons. The highest BCUT2D eigenvalue weighted by Gasteiger charge is 2.23. The number of rotatable bonds is 6. The SMILES string of the molecule is C[C@H](NC(=O)COC(=O)c1ccc(Cl)cc1[N+](=O)[O-])c1ccc2c(c1)OCO2.